The molecule has 0 radical (unpaired) electrons. The summed E-state index contributed by atoms with van der Waals surface area (Å²) in [5.74, 6) is 1.61. The van der Waals surface area contributed by atoms with Crippen LogP contribution in [0.25, 0.3) is 0 Å². The van der Waals surface area contributed by atoms with Crippen LogP contribution in [-0.2, 0) is 6.61 Å². The van der Waals surface area contributed by atoms with Crippen molar-refractivity contribution in [1.82, 2.24) is 4.90 Å². The molecule has 1 fully saturated rings. The summed E-state index contributed by atoms with van der Waals surface area (Å²) in [6.45, 7) is 1.21. The van der Waals surface area contributed by atoms with Gasteiger partial charge < -0.3 is 9.64 Å². The van der Waals surface area contributed by atoms with Gasteiger partial charge in [0.15, 0.2) is 0 Å². The van der Waals surface area contributed by atoms with E-state index in [0.717, 1.165) is 22.6 Å². The van der Waals surface area contributed by atoms with E-state index in [-0.39, 0.29) is 11.3 Å². The molecule has 1 atom stereocenters. The fourth-order valence-corrected chi connectivity index (χ4v) is 4.99. The fourth-order valence-electron chi connectivity index (χ4n) is 3.24. The minimum Gasteiger partial charge on any atom is -0.489 e. The van der Waals surface area contributed by atoms with Gasteiger partial charge in [-0.1, -0.05) is 65.7 Å². The molecule has 1 aliphatic heterocycles. The van der Waals surface area contributed by atoms with Crippen LogP contribution in [0.3, 0.4) is 0 Å². The van der Waals surface area contributed by atoms with Gasteiger partial charge in [-0.25, -0.2) is 0 Å². The highest BCUT2D eigenvalue weighted by atomic mass is 35.5. The molecule has 0 bridgehead atoms. The molecular weight excluding hydrogens is 425 g/mol. The van der Waals surface area contributed by atoms with E-state index in [0.29, 0.717) is 28.8 Å². The van der Waals surface area contributed by atoms with Crippen molar-refractivity contribution in [2.75, 3.05) is 12.3 Å². The number of nitrogens with zero attached hydrogens (tertiary/aromatic N) is 1. The van der Waals surface area contributed by atoms with Crippen LogP contribution < -0.4 is 4.74 Å². The van der Waals surface area contributed by atoms with Crippen LogP contribution >= 0.6 is 35.0 Å². The third kappa shape index (κ3) is 4.72. The lowest BCUT2D eigenvalue weighted by Crippen LogP contribution is -2.30. The smallest absolute Gasteiger partial charge is 0.256 e. The summed E-state index contributed by atoms with van der Waals surface area (Å²) in [6, 6.07) is 23.0. The molecule has 1 saturated heterocycles. The van der Waals surface area contributed by atoms with Crippen LogP contribution in [0.2, 0.25) is 10.0 Å². The molecule has 0 spiro atoms. The van der Waals surface area contributed by atoms with E-state index < -0.39 is 0 Å². The summed E-state index contributed by atoms with van der Waals surface area (Å²) < 4.78 is 5.86. The standard InChI is InChI=1S/C23H19Cl2NO2S/c24-18-8-11-20(21(25)14-18)22(27)26-12-13-29-23(26)17-6-9-19(10-7-17)28-15-16-4-2-1-3-5-16/h1-11,14,23H,12-13,15H2/t23-/m1/s1. The molecule has 148 valence electrons. The Morgan fingerprint density at radius 2 is 1.79 bits per heavy atom. The van der Waals surface area contributed by atoms with E-state index in [9.17, 15) is 4.79 Å². The molecule has 0 aromatic heterocycles. The molecule has 0 saturated carbocycles. The second kappa shape index (κ2) is 9.12. The maximum absolute atomic E-state index is 13.0. The van der Waals surface area contributed by atoms with Crippen LogP contribution in [0.4, 0.5) is 0 Å². The normalized spacial score (nSPS) is 16.1. The first-order valence-electron chi connectivity index (χ1n) is 9.26. The first kappa shape index (κ1) is 20.1. The Morgan fingerprint density at radius 1 is 1.03 bits per heavy atom. The average molecular weight is 444 g/mol. The minimum absolute atomic E-state index is 0.0441. The molecule has 3 aromatic carbocycles. The molecule has 4 rings (SSSR count). The van der Waals surface area contributed by atoms with Crippen LogP contribution in [0.1, 0.15) is 26.9 Å². The number of hydrogen-bond acceptors (Lipinski definition) is 3. The first-order valence-corrected chi connectivity index (χ1v) is 11.1. The van der Waals surface area contributed by atoms with Gasteiger partial charge in [0.25, 0.3) is 5.91 Å². The molecule has 0 unspecified atom stereocenters. The van der Waals surface area contributed by atoms with Gasteiger partial charge in [0.05, 0.1) is 10.6 Å². The lowest BCUT2D eigenvalue weighted by Gasteiger charge is -2.25. The quantitative estimate of drug-likeness (QED) is 0.452. The van der Waals surface area contributed by atoms with Crippen LogP contribution in [0, 0.1) is 0 Å². The van der Waals surface area contributed by atoms with Crippen LogP contribution in [0.5, 0.6) is 5.75 Å². The van der Waals surface area contributed by atoms with Crippen molar-refractivity contribution < 1.29 is 9.53 Å². The van der Waals surface area contributed by atoms with Gasteiger partial charge >= 0.3 is 0 Å². The number of halogens is 2. The molecule has 3 nitrogen and oxygen atoms in total. The van der Waals surface area contributed by atoms with Gasteiger partial charge in [0.1, 0.15) is 17.7 Å². The van der Waals surface area contributed by atoms with Gasteiger partial charge in [-0.05, 0) is 41.5 Å². The number of amides is 1. The van der Waals surface area contributed by atoms with Crippen molar-refractivity contribution in [1.29, 1.82) is 0 Å². The van der Waals surface area contributed by atoms with Gasteiger partial charge in [-0.15, -0.1) is 11.8 Å². The molecule has 6 heteroatoms. The Bertz CT molecular complexity index is 996. The van der Waals surface area contributed by atoms with E-state index in [1.54, 1.807) is 30.0 Å². The summed E-state index contributed by atoms with van der Waals surface area (Å²) in [4.78, 5) is 14.9. The fraction of sp³-hybridized carbons (Fsp3) is 0.174. The van der Waals surface area contributed by atoms with Gasteiger partial charge in [0.2, 0.25) is 0 Å². The highest BCUT2D eigenvalue weighted by Crippen LogP contribution is 2.40. The highest BCUT2D eigenvalue weighted by Gasteiger charge is 2.32. The molecule has 3 aromatic rings. The molecule has 1 aliphatic rings. The highest BCUT2D eigenvalue weighted by molar-refractivity contribution is 7.99. The number of thioether (sulfide) groups is 1. The number of hydrogen-bond donors (Lipinski definition) is 0. The number of carbonyl (C=O) groups excluding carboxylic acids is 1. The number of ether oxygens (including phenoxy) is 1. The van der Waals surface area contributed by atoms with E-state index in [4.69, 9.17) is 27.9 Å². The Hall–Kier alpha value is -2.14. The van der Waals surface area contributed by atoms with Crippen LogP contribution in [0.15, 0.2) is 72.8 Å². The Balaban J connectivity index is 1.46. The summed E-state index contributed by atoms with van der Waals surface area (Å²) in [6.07, 6.45) is 0. The van der Waals surface area contributed by atoms with Crippen molar-refractivity contribution in [3.63, 3.8) is 0 Å². The molecular formula is C23H19Cl2NO2S. The Kier molecular flexibility index (Phi) is 6.34. The van der Waals surface area contributed by atoms with Crippen molar-refractivity contribution in [2.45, 2.75) is 12.0 Å². The van der Waals surface area contributed by atoms with E-state index >= 15 is 0 Å². The van der Waals surface area contributed by atoms with Crippen molar-refractivity contribution in [3.05, 3.63) is 99.5 Å². The summed E-state index contributed by atoms with van der Waals surface area (Å²) in [5, 5.41) is 0.852. The Labute approximate surface area is 184 Å². The zero-order valence-corrected chi connectivity index (χ0v) is 17.9. The molecule has 29 heavy (non-hydrogen) atoms. The lowest BCUT2D eigenvalue weighted by molar-refractivity contribution is 0.0760. The number of rotatable bonds is 5. The number of carbonyl (C=O) groups is 1. The maximum atomic E-state index is 13.0. The first-order chi connectivity index (χ1) is 14.1. The van der Waals surface area contributed by atoms with E-state index in [1.165, 1.54) is 0 Å². The van der Waals surface area contributed by atoms with Gasteiger partial charge in [0, 0.05) is 17.3 Å². The third-order valence-corrected chi connectivity index (χ3v) is 6.54. The number of benzene rings is 3. The zero-order chi connectivity index (χ0) is 20.2. The maximum Gasteiger partial charge on any atom is 0.256 e. The lowest BCUT2D eigenvalue weighted by atomic mass is 10.1. The van der Waals surface area contributed by atoms with Gasteiger partial charge in [-0.3, -0.25) is 4.79 Å². The average Bonchev–Trinajstić information content (AvgIpc) is 3.23. The van der Waals surface area contributed by atoms with E-state index in [2.05, 4.69) is 0 Å². The van der Waals surface area contributed by atoms with Crippen molar-refractivity contribution >= 4 is 40.9 Å². The predicted octanol–water partition coefficient (Wildman–Crippen LogP) is 6.46. The summed E-state index contributed by atoms with van der Waals surface area (Å²) in [5.41, 5.74) is 2.67. The topological polar surface area (TPSA) is 29.5 Å². The minimum atomic E-state index is -0.0777. The molecule has 1 amide bonds. The van der Waals surface area contributed by atoms with Crippen molar-refractivity contribution in [3.8, 4) is 5.75 Å². The van der Waals surface area contributed by atoms with E-state index in [1.807, 2.05) is 59.5 Å². The zero-order valence-electron chi connectivity index (χ0n) is 15.6. The monoisotopic (exact) mass is 443 g/mol. The second-order valence-corrected chi connectivity index (χ2v) is 8.72. The summed E-state index contributed by atoms with van der Waals surface area (Å²) in [7, 11) is 0. The largest absolute Gasteiger partial charge is 0.489 e. The summed E-state index contributed by atoms with van der Waals surface area (Å²) >= 11 is 14.0. The second-order valence-electron chi connectivity index (χ2n) is 6.69. The predicted molar refractivity (Wildman–Crippen MR) is 120 cm³/mol. The Morgan fingerprint density at radius 3 is 2.52 bits per heavy atom. The van der Waals surface area contributed by atoms with Crippen molar-refractivity contribution in [2.24, 2.45) is 0 Å². The molecule has 0 N–H and O–H groups in total. The third-order valence-electron chi connectivity index (χ3n) is 4.73. The molecule has 1 heterocycles. The SMILES string of the molecule is O=C(c1ccc(Cl)cc1Cl)N1CCS[C@@H]1c1ccc(OCc2ccccc2)cc1. The molecule has 0 aliphatic carbocycles. The van der Waals surface area contributed by atoms with Gasteiger partial charge in [-0.2, -0.15) is 0 Å². The van der Waals surface area contributed by atoms with Crippen LogP contribution in [-0.4, -0.2) is 23.1 Å².